The van der Waals surface area contributed by atoms with Gasteiger partial charge < -0.3 is 10.1 Å². The molecule has 32 heavy (non-hydrogen) atoms. The summed E-state index contributed by atoms with van der Waals surface area (Å²) in [5, 5.41) is 3.67. The summed E-state index contributed by atoms with van der Waals surface area (Å²) in [4.78, 5) is 17.1. The molecule has 0 aliphatic carbocycles. The number of nitrogens with zero attached hydrogens (tertiary/aromatic N) is 3. The normalized spacial score (nSPS) is 14.9. The van der Waals surface area contributed by atoms with E-state index in [2.05, 4.69) is 10.3 Å². The first-order valence-electron chi connectivity index (χ1n) is 9.77. The second-order valence-corrected chi connectivity index (χ2v) is 10.0. The maximum Gasteiger partial charge on any atom is 0.255 e. The van der Waals surface area contributed by atoms with Crippen LogP contribution < -0.4 is 5.32 Å². The molecule has 1 amide bonds. The fraction of sp³-hybridized carbons (Fsp3) is 0.238. The van der Waals surface area contributed by atoms with Crippen molar-refractivity contribution in [3.8, 4) is 5.69 Å². The van der Waals surface area contributed by atoms with Crippen molar-refractivity contribution in [3.63, 3.8) is 0 Å². The van der Waals surface area contributed by atoms with Gasteiger partial charge in [-0.3, -0.25) is 9.36 Å². The van der Waals surface area contributed by atoms with Crippen molar-refractivity contribution in [1.82, 2.24) is 13.9 Å². The van der Waals surface area contributed by atoms with Crippen molar-refractivity contribution in [3.05, 3.63) is 65.4 Å². The number of rotatable bonds is 6. The molecule has 0 atom stereocenters. The number of carbonyl (C=O) groups is 1. The predicted octanol–water partition coefficient (Wildman–Crippen LogP) is 3.52. The van der Waals surface area contributed by atoms with E-state index in [4.69, 9.17) is 16.3 Å². The van der Waals surface area contributed by atoms with Crippen LogP contribution in [0.3, 0.4) is 0 Å². The Hall–Kier alpha value is -2.37. The molecular weight excluding hydrogens is 472 g/mol. The van der Waals surface area contributed by atoms with Crippen molar-refractivity contribution in [2.75, 3.05) is 37.9 Å². The van der Waals surface area contributed by atoms with Crippen LogP contribution in [0.25, 0.3) is 5.69 Å². The lowest BCUT2D eigenvalue weighted by atomic mass is 10.2. The Morgan fingerprint density at radius 2 is 1.97 bits per heavy atom. The van der Waals surface area contributed by atoms with Gasteiger partial charge in [0.25, 0.3) is 5.91 Å². The number of carbonyl (C=O) groups excluding carboxylic acids is 1. The minimum absolute atomic E-state index is 0.0457. The highest BCUT2D eigenvalue weighted by atomic mass is 35.5. The zero-order chi connectivity index (χ0) is 22.7. The quantitative estimate of drug-likeness (QED) is 0.529. The molecule has 0 radical (unpaired) electrons. The number of thioether (sulfide) groups is 1. The minimum Gasteiger partial charge on any atom is -0.379 e. The van der Waals surface area contributed by atoms with Crippen LogP contribution in [-0.2, 0) is 14.8 Å². The second kappa shape index (κ2) is 9.63. The highest BCUT2D eigenvalue weighted by Gasteiger charge is 2.28. The molecule has 1 fully saturated rings. The minimum atomic E-state index is -3.80. The Morgan fingerprint density at radius 1 is 1.19 bits per heavy atom. The number of anilines is 1. The third kappa shape index (κ3) is 4.69. The Balaban J connectivity index is 1.58. The first-order valence-corrected chi connectivity index (χ1v) is 12.8. The molecule has 1 aliphatic rings. The Morgan fingerprint density at radius 3 is 2.72 bits per heavy atom. The van der Waals surface area contributed by atoms with Gasteiger partial charge in [-0.2, -0.15) is 4.31 Å². The molecule has 2 aromatic carbocycles. The summed E-state index contributed by atoms with van der Waals surface area (Å²) >= 11 is 7.70. The van der Waals surface area contributed by atoms with Gasteiger partial charge in [0.1, 0.15) is 4.90 Å². The molecule has 0 spiro atoms. The number of imidazole rings is 1. The largest absolute Gasteiger partial charge is 0.379 e. The van der Waals surface area contributed by atoms with Crippen LogP contribution in [0.5, 0.6) is 0 Å². The Bertz CT molecular complexity index is 1240. The summed E-state index contributed by atoms with van der Waals surface area (Å²) in [5.41, 5.74) is 1.56. The van der Waals surface area contributed by atoms with Gasteiger partial charge in [0.2, 0.25) is 10.0 Å². The molecule has 1 saturated heterocycles. The van der Waals surface area contributed by atoms with Crippen LogP contribution in [0.15, 0.2) is 64.9 Å². The van der Waals surface area contributed by atoms with E-state index < -0.39 is 10.0 Å². The van der Waals surface area contributed by atoms with Gasteiger partial charge in [-0.1, -0.05) is 29.4 Å². The molecule has 8 nitrogen and oxygen atoms in total. The number of benzene rings is 2. The van der Waals surface area contributed by atoms with Gasteiger partial charge in [0.15, 0.2) is 5.16 Å². The van der Waals surface area contributed by atoms with Crippen molar-refractivity contribution in [2.24, 2.45) is 0 Å². The zero-order valence-electron chi connectivity index (χ0n) is 17.2. The van der Waals surface area contributed by atoms with Gasteiger partial charge in [0, 0.05) is 42.4 Å². The van der Waals surface area contributed by atoms with Gasteiger partial charge in [-0.25, -0.2) is 13.4 Å². The molecule has 168 valence electrons. The molecule has 0 bridgehead atoms. The lowest BCUT2D eigenvalue weighted by Gasteiger charge is -2.26. The van der Waals surface area contributed by atoms with Crippen molar-refractivity contribution >= 4 is 45.0 Å². The van der Waals surface area contributed by atoms with E-state index in [0.29, 0.717) is 24.5 Å². The fourth-order valence-electron chi connectivity index (χ4n) is 3.34. The molecule has 2 heterocycles. The lowest BCUT2D eigenvalue weighted by molar-refractivity contribution is 0.0730. The SMILES string of the molecule is CSc1nccn1-c1cccc(C(=O)Nc2ccc(Cl)c(S(=O)(=O)N3CCOCC3)c2)c1. The maximum atomic E-state index is 13.0. The van der Waals surface area contributed by atoms with E-state index >= 15 is 0 Å². The number of amides is 1. The van der Waals surface area contributed by atoms with Crippen LogP contribution in [-0.4, -0.2) is 60.7 Å². The molecule has 11 heteroatoms. The summed E-state index contributed by atoms with van der Waals surface area (Å²) in [6.07, 6.45) is 5.45. The van der Waals surface area contributed by atoms with Crippen LogP contribution in [0.1, 0.15) is 10.4 Å². The number of aromatic nitrogens is 2. The first kappa shape index (κ1) is 22.8. The summed E-state index contributed by atoms with van der Waals surface area (Å²) in [6, 6.07) is 11.5. The van der Waals surface area contributed by atoms with Crippen molar-refractivity contribution in [2.45, 2.75) is 10.1 Å². The molecular formula is C21H21ClN4O4S2. The number of hydrogen-bond acceptors (Lipinski definition) is 6. The maximum absolute atomic E-state index is 13.0. The summed E-state index contributed by atoms with van der Waals surface area (Å²) in [5.74, 6) is -0.366. The second-order valence-electron chi connectivity index (χ2n) is 6.95. The zero-order valence-corrected chi connectivity index (χ0v) is 19.6. The summed E-state index contributed by atoms with van der Waals surface area (Å²) in [6.45, 7) is 1.18. The monoisotopic (exact) mass is 492 g/mol. The van der Waals surface area contributed by atoms with E-state index in [9.17, 15) is 13.2 Å². The van der Waals surface area contributed by atoms with E-state index in [1.807, 2.05) is 23.1 Å². The van der Waals surface area contributed by atoms with Crippen molar-refractivity contribution in [1.29, 1.82) is 0 Å². The first-order chi connectivity index (χ1) is 15.4. The highest BCUT2D eigenvalue weighted by molar-refractivity contribution is 7.98. The molecule has 4 rings (SSSR count). The molecule has 1 aliphatic heterocycles. The van der Waals surface area contributed by atoms with Crippen LogP contribution in [0, 0.1) is 0 Å². The van der Waals surface area contributed by atoms with Gasteiger partial charge in [-0.05, 0) is 42.7 Å². The van der Waals surface area contributed by atoms with E-state index in [-0.39, 0.29) is 28.9 Å². The third-order valence-corrected chi connectivity index (χ3v) is 8.00. The smallest absolute Gasteiger partial charge is 0.255 e. The topological polar surface area (TPSA) is 93.5 Å². The number of morpholine rings is 1. The Kier molecular flexibility index (Phi) is 6.87. The van der Waals surface area contributed by atoms with Crippen LogP contribution in [0.2, 0.25) is 5.02 Å². The number of hydrogen-bond donors (Lipinski definition) is 1. The number of halogens is 1. The van der Waals surface area contributed by atoms with Crippen LogP contribution >= 0.6 is 23.4 Å². The molecule has 0 saturated carbocycles. The number of ether oxygens (including phenoxy) is 1. The van der Waals surface area contributed by atoms with E-state index in [1.165, 1.54) is 28.2 Å². The molecule has 1 aromatic heterocycles. The molecule has 3 aromatic rings. The van der Waals surface area contributed by atoms with E-state index in [1.54, 1.807) is 30.5 Å². The standard InChI is InChI=1S/C21H21ClN4O4S2/c1-31-21-23-7-8-26(21)17-4-2-3-15(13-17)20(27)24-16-5-6-18(22)19(14-16)32(28,29)25-9-11-30-12-10-25/h2-8,13-14H,9-12H2,1H3,(H,24,27). The van der Waals surface area contributed by atoms with Gasteiger partial charge in [0.05, 0.1) is 18.2 Å². The number of sulfonamides is 1. The Labute approximate surface area is 195 Å². The number of nitrogens with one attached hydrogen (secondary N) is 1. The lowest BCUT2D eigenvalue weighted by Crippen LogP contribution is -2.40. The summed E-state index contributed by atoms with van der Waals surface area (Å²) in [7, 11) is -3.80. The van der Waals surface area contributed by atoms with Gasteiger partial charge in [-0.15, -0.1) is 0 Å². The summed E-state index contributed by atoms with van der Waals surface area (Å²) < 4.78 is 34.5. The molecule has 0 unspecified atom stereocenters. The average molecular weight is 493 g/mol. The molecule has 1 N–H and O–H groups in total. The van der Waals surface area contributed by atoms with Crippen LogP contribution in [0.4, 0.5) is 5.69 Å². The predicted molar refractivity (Wildman–Crippen MR) is 124 cm³/mol. The third-order valence-electron chi connectivity index (χ3n) is 4.95. The van der Waals surface area contributed by atoms with E-state index in [0.717, 1.165) is 10.8 Å². The average Bonchev–Trinajstić information content (AvgIpc) is 3.30. The fourth-order valence-corrected chi connectivity index (χ4v) is 5.78. The highest BCUT2D eigenvalue weighted by Crippen LogP contribution is 2.28. The van der Waals surface area contributed by atoms with Gasteiger partial charge >= 0.3 is 0 Å². The van der Waals surface area contributed by atoms with Crippen molar-refractivity contribution < 1.29 is 17.9 Å².